The molecule has 2 rings (SSSR count). The second kappa shape index (κ2) is 7.21. The molecule has 1 aliphatic carbocycles. The molecule has 0 spiro atoms. The second-order valence-electron chi connectivity index (χ2n) is 7.24. The Balaban J connectivity index is 1.94. The summed E-state index contributed by atoms with van der Waals surface area (Å²) in [6, 6.07) is 4.83. The molecular formula is C17H30N4. The molecule has 1 aliphatic rings. The van der Waals surface area contributed by atoms with Gasteiger partial charge in [-0.25, -0.2) is 0 Å². The molecule has 1 aromatic heterocycles. The summed E-state index contributed by atoms with van der Waals surface area (Å²) in [5.74, 6) is 1.00. The Hall–Kier alpha value is -1.16. The summed E-state index contributed by atoms with van der Waals surface area (Å²) in [6.07, 6.45) is 8.02. The Morgan fingerprint density at radius 3 is 2.29 bits per heavy atom. The van der Waals surface area contributed by atoms with Gasteiger partial charge in [0.25, 0.3) is 0 Å². The smallest absolute Gasteiger partial charge is 0.151 e. The van der Waals surface area contributed by atoms with Gasteiger partial charge in [0, 0.05) is 25.2 Å². The van der Waals surface area contributed by atoms with E-state index in [9.17, 15) is 0 Å². The molecule has 1 saturated carbocycles. The Bertz CT molecular complexity index is 413. The first-order chi connectivity index (χ1) is 9.96. The van der Waals surface area contributed by atoms with Crippen molar-refractivity contribution in [3.63, 3.8) is 0 Å². The van der Waals surface area contributed by atoms with E-state index in [1.165, 1.54) is 38.5 Å². The lowest BCUT2D eigenvalue weighted by Gasteiger charge is -2.28. The van der Waals surface area contributed by atoms with E-state index >= 15 is 0 Å². The highest BCUT2D eigenvalue weighted by atomic mass is 15.3. The van der Waals surface area contributed by atoms with Crippen molar-refractivity contribution in [2.45, 2.75) is 77.4 Å². The van der Waals surface area contributed by atoms with Gasteiger partial charge in [-0.1, -0.05) is 25.7 Å². The van der Waals surface area contributed by atoms with Crippen LogP contribution in [-0.4, -0.2) is 28.8 Å². The zero-order chi connectivity index (χ0) is 15.3. The number of hydrogen-bond acceptors (Lipinski definition) is 4. The maximum atomic E-state index is 4.42. The third kappa shape index (κ3) is 5.27. The number of nitrogens with one attached hydrogen (secondary N) is 1. The lowest BCUT2D eigenvalue weighted by Crippen LogP contribution is -2.35. The molecular weight excluding hydrogens is 260 g/mol. The van der Waals surface area contributed by atoms with Crippen molar-refractivity contribution >= 4 is 5.82 Å². The van der Waals surface area contributed by atoms with Crippen LogP contribution >= 0.6 is 0 Å². The summed E-state index contributed by atoms with van der Waals surface area (Å²) in [6.45, 7) is 7.25. The number of nitrogens with zero attached hydrogens (tertiary/aromatic N) is 3. The lowest BCUT2D eigenvalue weighted by molar-refractivity contribution is 0.420. The predicted molar refractivity (Wildman–Crippen MR) is 88.5 cm³/mol. The van der Waals surface area contributed by atoms with Crippen molar-refractivity contribution in [1.82, 2.24) is 15.5 Å². The van der Waals surface area contributed by atoms with Gasteiger partial charge in [0.1, 0.15) is 0 Å². The quantitative estimate of drug-likeness (QED) is 0.861. The van der Waals surface area contributed by atoms with E-state index in [0.717, 1.165) is 18.1 Å². The molecule has 0 amide bonds. The molecule has 21 heavy (non-hydrogen) atoms. The van der Waals surface area contributed by atoms with Gasteiger partial charge in [-0.15, -0.1) is 5.10 Å². The average molecular weight is 290 g/mol. The van der Waals surface area contributed by atoms with E-state index in [-0.39, 0.29) is 5.54 Å². The molecule has 4 nitrogen and oxygen atoms in total. The summed E-state index contributed by atoms with van der Waals surface area (Å²) >= 11 is 0. The highest BCUT2D eigenvalue weighted by Crippen LogP contribution is 2.24. The van der Waals surface area contributed by atoms with Crippen molar-refractivity contribution in [3.05, 3.63) is 17.8 Å². The number of aromatic nitrogens is 2. The van der Waals surface area contributed by atoms with E-state index in [2.05, 4.69) is 60.4 Å². The first kappa shape index (κ1) is 16.2. The lowest BCUT2D eigenvalue weighted by atomic mass is 10.1. The van der Waals surface area contributed by atoms with Gasteiger partial charge in [0.05, 0.1) is 5.69 Å². The first-order valence-electron chi connectivity index (χ1n) is 8.26. The Morgan fingerprint density at radius 2 is 1.76 bits per heavy atom. The van der Waals surface area contributed by atoms with E-state index < -0.39 is 0 Å². The van der Waals surface area contributed by atoms with Gasteiger partial charge in [-0.2, -0.15) is 5.10 Å². The van der Waals surface area contributed by atoms with Crippen LogP contribution in [0.25, 0.3) is 0 Å². The van der Waals surface area contributed by atoms with Crippen LogP contribution in [0.1, 0.15) is 65.0 Å². The van der Waals surface area contributed by atoms with Crippen molar-refractivity contribution in [1.29, 1.82) is 0 Å². The normalized spacial score (nSPS) is 17.5. The van der Waals surface area contributed by atoms with E-state index in [1.807, 2.05) is 0 Å². The molecule has 0 unspecified atom stereocenters. The summed E-state index contributed by atoms with van der Waals surface area (Å²) in [5, 5.41) is 12.2. The van der Waals surface area contributed by atoms with Crippen LogP contribution < -0.4 is 10.2 Å². The minimum atomic E-state index is 0.109. The molecule has 0 aliphatic heterocycles. The topological polar surface area (TPSA) is 41.0 Å². The number of hydrogen-bond donors (Lipinski definition) is 1. The fourth-order valence-electron chi connectivity index (χ4n) is 2.82. The molecule has 1 fully saturated rings. The fourth-order valence-corrected chi connectivity index (χ4v) is 2.82. The predicted octanol–water partition coefficient (Wildman–Crippen LogP) is 3.52. The number of anilines is 1. The van der Waals surface area contributed by atoms with Crippen molar-refractivity contribution in [2.75, 3.05) is 11.9 Å². The molecule has 1 N–H and O–H groups in total. The van der Waals surface area contributed by atoms with Gasteiger partial charge in [0.15, 0.2) is 5.82 Å². The van der Waals surface area contributed by atoms with E-state index in [1.54, 1.807) is 0 Å². The van der Waals surface area contributed by atoms with Crippen LogP contribution in [0, 0.1) is 0 Å². The highest BCUT2D eigenvalue weighted by molar-refractivity contribution is 5.37. The van der Waals surface area contributed by atoms with Crippen molar-refractivity contribution in [2.24, 2.45) is 0 Å². The van der Waals surface area contributed by atoms with Crippen molar-refractivity contribution in [3.8, 4) is 0 Å². The SMILES string of the molecule is CN(c1ccc(CNC(C)(C)C)nn1)C1CCCCCC1. The fraction of sp³-hybridized carbons (Fsp3) is 0.765. The average Bonchev–Trinajstić information content (AvgIpc) is 2.73. The van der Waals surface area contributed by atoms with Gasteiger partial charge < -0.3 is 10.2 Å². The van der Waals surface area contributed by atoms with Gasteiger partial charge >= 0.3 is 0 Å². The molecule has 0 saturated heterocycles. The van der Waals surface area contributed by atoms with Crippen LogP contribution in [0.15, 0.2) is 12.1 Å². The maximum absolute atomic E-state index is 4.42. The summed E-state index contributed by atoms with van der Waals surface area (Å²) < 4.78 is 0. The summed E-state index contributed by atoms with van der Waals surface area (Å²) in [4.78, 5) is 2.32. The van der Waals surface area contributed by atoms with Crippen LogP contribution in [0.4, 0.5) is 5.82 Å². The minimum Gasteiger partial charge on any atom is -0.355 e. The monoisotopic (exact) mass is 290 g/mol. The minimum absolute atomic E-state index is 0.109. The van der Waals surface area contributed by atoms with Crippen LogP contribution in [-0.2, 0) is 6.54 Å². The summed E-state index contributed by atoms with van der Waals surface area (Å²) in [5.41, 5.74) is 1.11. The number of rotatable bonds is 4. The van der Waals surface area contributed by atoms with Gasteiger partial charge in [0.2, 0.25) is 0 Å². The van der Waals surface area contributed by atoms with E-state index in [0.29, 0.717) is 6.04 Å². The van der Waals surface area contributed by atoms with Gasteiger partial charge in [-0.05, 0) is 45.7 Å². The molecule has 0 radical (unpaired) electrons. The molecule has 4 heteroatoms. The molecule has 0 bridgehead atoms. The van der Waals surface area contributed by atoms with Gasteiger partial charge in [-0.3, -0.25) is 0 Å². The molecule has 1 aromatic rings. The van der Waals surface area contributed by atoms with E-state index in [4.69, 9.17) is 0 Å². The van der Waals surface area contributed by atoms with Crippen LogP contribution in [0.5, 0.6) is 0 Å². The second-order valence-corrected chi connectivity index (χ2v) is 7.24. The highest BCUT2D eigenvalue weighted by Gasteiger charge is 2.18. The molecule has 1 heterocycles. The van der Waals surface area contributed by atoms with Crippen LogP contribution in [0.3, 0.4) is 0 Å². The molecule has 118 valence electrons. The summed E-state index contributed by atoms with van der Waals surface area (Å²) in [7, 11) is 2.16. The Morgan fingerprint density at radius 1 is 1.10 bits per heavy atom. The zero-order valence-corrected chi connectivity index (χ0v) is 14.0. The third-order valence-corrected chi connectivity index (χ3v) is 4.24. The zero-order valence-electron chi connectivity index (χ0n) is 14.0. The largest absolute Gasteiger partial charge is 0.355 e. The Labute approximate surface area is 129 Å². The molecule has 0 atom stereocenters. The maximum Gasteiger partial charge on any atom is 0.151 e. The standard InChI is InChI=1S/C17H30N4/c1-17(2,3)18-13-14-11-12-16(20-19-14)21(4)15-9-7-5-6-8-10-15/h11-12,15,18H,5-10,13H2,1-4H3. The van der Waals surface area contributed by atoms with Crippen molar-refractivity contribution < 1.29 is 0 Å². The third-order valence-electron chi connectivity index (χ3n) is 4.24. The Kier molecular flexibility index (Phi) is 5.57. The first-order valence-corrected chi connectivity index (χ1v) is 8.26. The van der Waals surface area contributed by atoms with Crippen LogP contribution in [0.2, 0.25) is 0 Å². The molecule has 0 aromatic carbocycles.